The third-order valence-electron chi connectivity index (χ3n) is 3.69. The van der Waals surface area contributed by atoms with E-state index in [0.717, 1.165) is 0 Å². The maximum Gasteiger partial charge on any atom is 0.262 e. The van der Waals surface area contributed by atoms with Crippen molar-refractivity contribution >= 4 is 17.3 Å². The summed E-state index contributed by atoms with van der Waals surface area (Å²) >= 11 is 0. The van der Waals surface area contributed by atoms with Gasteiger partial charge in [0.2, 0.25) is 0 Å². The predicted octanol–water partition coefficient (Wildman–Crippen LogP) is 1.93. The Morgan fingerprint density at radius 1 is 1.28 bits per heavy atom. The Kier molecular flexibility index (Phi) is 5.89. The number of aromatic nitrogens is 2. The van der Waals surface area contributed by atoms with E-state index in [0.29, 0.717) is 28.9 Å². The summed E-state index contributed by atoms with van der Waals surface area (Å²) in [6, 6.07) is 2.49. The van der Waals surface area contributed by atoms with Gasteiger partial charge in [0.25, 0.3) is 5.91 Å². The van der Waals surface area contributed by atoms with E-state index in [1.807, 2.05) is 6.92 Å². The summed E-state index contributed by atoms with van der Waals surface area (Å²) in [5.41, 5.74) is 4.44. The van der Waals surface area contributed by atoms with Gasteiger partial charge in [0.05, 0.1) is 23.8 Å². The normalized spacial score (nSPS) is 12.5. The summed E-state index contributed by atoms with van der Waals surface area (Å²) in [6.07, 6.45) is 5.02. The van der Waals surface area contributed by atoms with Crippen LogP contribution in [0.5, 0.6) is 11.5 Å². The first-order valence-corrected chi connectivity index (χ1v) is 7.83. The molecule has 132 valence electrons. The Hall–Kier alpha value is -3.16. The zero-order chi connectivity index (χ0) is 18.4. The first-order chi connectivity index (χ1) is 11.9. The first-order valence-electron chi connectivity index (χ1n) is 7.83. The second-order valence-corrected chi connectivity index (χ2v) is 5.49. The van der Waals surface area contributed by atoms with Crippen molar-refractivity contribution in [3.63, 3.8) is 0 Å². The molecule has 0 aliphatic heterocycles. The van der Waals surface area contributed by atoms with Crippen LogP contribution in [-0.4, -0.2) is 37.8 Å². The molecule has 2 rings (SSSR count). The second kappa shape index (κ2) is 8.09. The van der Waals surface area contributed by atoms with Crippen LogP contribution in [0.1, 0.15) is 31.4 Å². The molecule has 0 aliphatic carbocycles. The molecule has 1 amide bonds. The molecular formula is C17H21N5O3. The predicted molar refractivity (Wildman–Crippen MR) is 94.6 cm³/mol. The highest BCUT2D eigenvalue weighted by molar-refractivity contribution is 6.03. The number of hydrogen-bond donors (Lipinski definition) is 4. The van der Waals surface area contributed by atoms with Gasteiger partial charge in [-0.3, -0.25) is 4.79 Å². The van der Waals surface area contributed by atoms with Crippen molar-refractivity contribution in [1.29, 1.82) is 0 Å². The lowest BCUT2D eigenvalue weighted by Crippen LogP contribution is -2.35. The van der Waals surface area contributed by atoms with Gasteiger partial charge < -0.3 is 15.5 Å². The molecule has 0 unspecified atom stereocenters. The highest BCUT2D eigenvalue weighted by atomic mass is 16.3. The standard InChI is InChI=1S/C17H21N5O3/c1-4-14(13-5-6-15(23)10(2)16(13)24)21-22-17(25)11(3)20-12-7-18-9-19-8-12/h5-9,11,20,23-24H,4H2,1-3H3,(H,22,25)/b21-14+/t11-/m1/s1. The number of carbonyl (C=O) groups excluding carboxylic acids is 1. The van der Waals surface area contributed by atoms with E-state index in [2.05, 4.69) is 25.8 Å². The molecule has 25 heavy (non-hydrogen) atoms. The van der Waals surface area contributed by atoms with Crippen LogP contribution in [-0.2, 0) is 4.79 Å². The zero-order valence-electron chi connectivity index (χ0n) is 14.3. The topological polar surface area (TPSA) is 120 Å². The lowest BCUT2D eigenvalue weighted by Gasteiger charge is -2.14. The van der Waals surface area contributed by atoms with Crippen LogP contribution in [0.2, 0.25) is 0 Å². The van der Waals surface area contributed by atoms with Crippen molar-refractivity contribution in [2.45, 2.75) is 33.2 Å². The number of carbonyl (C=O) groups is 1. The van der Waals surface area contributed by atoms with Crippen molar-refractivity contribution in [2.24, 2.45) is 5.10 Å². The highest BCUT2D eigenvalue weighted by Crippen LogP contribution is 2.30. The molecule has 4 N–H and O–H groups in total. The molecule has 0 fully saturated rings. The van der Waals surface area contributed by atoms with Gasteiger partial charge in [0.15, 0.2) is 0 Å². The van der Waals surface area contributed by atoms with Gasteiger partial charge in [0, 0.05) is 11.1 Å². The van der Waals surface area contributed by atoms with E-state index in [-0.39, 0.29) is 17.4 Å². The Morgan fingerprint density at radius 2 is 1.96 bits per heavy atom. The fourth-order valence-corrected chi connectivity index (χ4v) is 2.16. The Morgan fingerprint density at radius 3 is 2.60 bits per heavy atom. The third kappa shape index (κ3) is 4.43. The molecule has 2 aromatic rings. The number of aromatic hydroxyl groups is 2. The number of benzene rings is 1. The largest absolute Gasteiger partial charge is 0.508 e. The van der Waals surface area contributed by atoms with Crippen LogP contribution in [0.15, 0.2) is 36.0 Å². The number of phenolic OH excluding ortho intramolecular Hbond substituents is 2. The summed E-state index contributed by atoms with van der Waals surface area (Å²) in [6.45, 7) is 5.15. The maximum absolute atomic E-state index is 12.2. The van der Waals surface area contributed by atoms with Crippen LogP contribution in [0.3, 0.4) is 0 Å². The van der Waals surface area contributed by atoms with Crippen molar-refractivity contribution in [1.82, 2.24) is 15.4 Å². The Balaban J connectivity index is 2.10. The third-order valence-corrected chi connectivity index (χ3v) is 3.69. The van der Waals surface area contributed by atoms with Gasteiger partial charge >= 0.3 is 0 Å². The van der Waals surface area contributed by atoms with Crippen LogP contribution < -0.4 is 10.7 Å². The average molecular weight is 343 g/mol. The van der Waals surface area contributed by atoms with Crippen LogP contribution in [0.25, 0.3) is 0 Å². The maximum atomic E-state index is 12.2. The summed E-state index contributed by atoms with van der Waals surface area (Å²) < 4.78 is 0. The summed E-state index contributed by atoms with van der Waals surface area (Å²) in [7, 11) is 0. The summed E-state index contributed by atoms with van der Waals surface area (Å²) in [5, 5.41) is 26.9. The van der Waals surface area contributed by atoms with Crippen LogP contribution in [0.4, 0.5) is 5.69 Å². The summed E-state index contributed by atoms with van der Waals surface area (Å²) in [5.74, 6) is -0.393. The molecule has 0 spiro atoms. The van der Waals surface area contributed by atoms with E-state index in [1.165, 1.54) is 12.4 Å². The summed E-state index contributed by atoms with van der Waals surface area (Å²) in [4.78, 5) is 19.9. The van der Waals surface area contributed by atoms with Gasteiger partial charge in [-0.05, 0) is 32.4 Å². The van der Waals surface area contributed by atoms with Gasteiger partial charge in [0.1, 0.15) is 23.9 Å². The number of nitrogens with one attached hydrogen (secondary N) is 2. The van der Waals surface area contributed by atoms with Crippen LogP contribution >= 0.6 is 0 Å². The number of phenols is 2. The fourth-order valence-electron chi connectivity index (χ4n) is 2.16. The van der Waals surface area contributed by atoms with Crippen molar-refractivity contribution in [3.8, 4) is 11.5 Å². The van der Waals surface area contributed by atoms with Gasteiger partial charge in [-0.25, -0.2) is 15.4 Å². The Bertz CT molecular complexity index is 777. The molecule has 1 aromatic carbocycles. The Labute approximate surface area is 145 Å². The molecule has 8 heteroatoms. The van der Waals surface area contributed by atoms with Crippen LogP contribution in [0, 0.1) is 6.92 Å². The average Bonchev–Trinajstić information content (AvgIpc) is 2.62. The van der Waals surface area contributed by atoms with Gasteiger partial charge in [-0.1, -0.05) is 6.92 Å². The number of hydrazone groups is 1. The second-order valence-electron chi connectivity index (χ2n) is 5.49. The first kappa shape index (κ1) is 18.2. The molecule has 1 heterocycles. The molecule has 0 saturated heterocycles. The quantitative estimate of drug-likeness (QED) is 0.470. The molecule has 0 radical (unpaired) electrons. The smallest absolute Gasteiger partial charge is 0.262 e. The van der Waals surface area contributed by atoms with E-state index in [9.17, 15) is 15.0 Å². The van der Waals surface area contributed by atoms with Crippen molar-refractivity contribution < 1.29 is 15.0 Å². The minimum Gasteiger partial charge on any atom is -0.508 e. The van der Waals surface area contributed by atoms with Crippen molar-refractivity contribution in [3.05, 3.63) is 42.0 Å². The van der Waals surface area contributed by atoms with E-state index in [1.54, 1.807) is 32.3 Å². The molecular weight excluding hydrogens is 322 g/mol. The SMILES string of the molecule is CC/C(=N\NC(=O)[C@@H](C)Nc1cncnc1)c1ccc(O)c(C)c1O. The zero-order valence-corrected chi connectivity index (χ0v) is 14.3. The molecule has 0 bridgehead atoms. The minimum atomic E-state index is -0.553. The molecule has 1 aromatic heterocycles. The minimum absolute atomic E-state index is 0.00337. The molecule has 0 aliphatic rings. The monoisotopic (exact) mass is 343 g/mol. The molecule has 8 nitrogen and oxygen atoms in total. The number of rotatable bonds is 6. The molecule has 0 saturated carbocycles. The van der Waals surface area contributed by atoms with E-state index < -0.39 is 6.04 Å². The number of hydrogen-bond acceptors (Lipinski definition) is 7. The van der Waals surface area contributed by atoms with E-state index >= 15 is 0 Å². The lowest BCUT2D eigenvalue weighted by atomic mass is 10.0. The van der Waals surface area contributed by atoms with Gasteiger partial charge in [-0.15, -0.1) is 0 Å². The van der Waals surface area contributed by atoms with E-state index in [4.69, 9.17) is 0 Å². The fraction of sp³-hybridized carbons (Fsp3) is 0.294. The number of nitrogens with zero attached hydrogens (tertiary/aromatic N) is 3. The number of anilines is 1. The van der Waals surface area contributed by atoms with Gasteiger partial charge in [-0.2, -0.15) is 5.10 Å². The lowest BCUT2D eigenvalue weighted by molar-refractivity contribution is -0.121. The highest BCUT2D eigenvalue weighted by Gasteiger charge is 2.15. The van der Waals surface area contributed by atoms with Crippen molar-refractivity contribution in [2.75, 3.05) is 5.32 Å². The number of amides is 1. The molecule has 1 atom stereocenters.